The molecule has 0 unspecified atom stereocenters. The Balaban J connectivity index is 2.05. The molecule has 6 heteroatoms. The first kappa shape index (κ1) is 14.3. The first-order chi connectivity index (χ1) is 9.52. The van der Waals surface area contributed by atoms with Gasteiger partial charge in [-0.25, -0.2) is 4.39 Å². The van der Waals surface area contributed by atoms with Gasteiger partial charge in [-0.3, -0.25) is 9.59 Å². The highest BCUT2D eigenvalue weighted by atomic mass is 19.1. The number of carbonyl (C=O) groups is 2. The van der Waals surface area contributed by atoms with Crippen LogP contribution in [0.3, 0.4) is 0 Å². The van der Waals surface area contributed by atoms with Crippen molar-refractivity contribution in [1.82, 2.24) is 4.90 Å². The SMILES string of the molecule is COc1ccc(C(=O)N2CCC(C(N)=O)CC2)cc1F. The van der Waals surface area contributed by atoms with E-state index in [9.17, 15) is 14.0 Å². The minimum absolute atomic E-state index is 0.106. The molecule has 0 aliphatic carbocycles. The molecule has 0 bridgehead atoms. The Labute approximate surface area is 116 Å². The Morgan fingerprint density at radius 2 is 2.00 bits per heavy atom. The van der Waals surface area contributed by atoms with E-state index in [0.717, 1.165) is 0 Å². The van der Waals surface area contributed by atoms with Crippen LogP contribution in [0, 0.1) is 11.7 Å². The van der Waals surface area contributed by atoms with Crippen LogP contribution in [0.15, 0.2) is 18.2 Å². The van der Waals surface area contributed by atoms with Gasteiger partial charge in [-0.1, -0.05) is 0 Å². The average Bonchev–Trinajstić information content (AvgIpc) is 2.46. The van der Waals surface area contributed by atoms with Gasteiger partial charge >= 0.3 is 0 Å². The lowest BCUT2D eigenvalue weighted by atomic mass is 9.96. The molecular weight excluding hydrogens is 263 g/mol. The first-order valence-corrected chi connectivity index (χ1v) is 6.45. The Kier molecular flexibility index (Phi) is 4.22. The molecule has 1 fully saturated rings. The van der Waals surface area contributed by atoms with Crippen molar-refractivity contribution in [3.8, 4) is 5.75 Å². The highest BCUT2D eigenvalue weighted by molar-refractivity contribution is 5.94. The van der Waals surface area contributed by atoms with Gasteiger partial charge in [-0.05, 0) is 31.0 Å². The molecule has 1 heterocycles. The fraction of sp³-hybridized carbons (Fsp3) is 0.429. The van der Waals surface area contributed by atoms with Gasteiger partial charge < -0.3 is 15.4 Å². The maximum atomic E-state index is 13.6. The summed E-state index contributed by atoms with van der Waals surface area (Å²) in [6.07, 6.45) is 1.11. The lowest BCUT2D eigenvalue weighted by molar-refractivity contribution is -0.123. The van der Waals surface area contributed by atoms with Crippen LogP contribution in [0.5, 0.6) is 5.75 Å². The van der Waals surface area contributed by atoms with Crippen molar-refractivity contribution < 1.29 is 18.7 Å². The van der Waals surface area contributed by atoms with Crippen molar-refractivity contribution in [2.24, 2.45) is 11.7 Å². The van der Waals surface area contributed by atoms with Crippen molar-refractivity contribution >= 4 is 11.8 Å². The standard InChI is InChI=1S/C14H17FN2O3/c1-20-12-3-2-10(8-11(12)15)14(19)17-6-4-9(5-7-17)13(16)18/h2-3,8-9H,4-7H2,1H3,(H2,16,18). The summed E-state index contributed by atoms with van der Waals surface area (Å²) < 4.78 is 18.4. The van der Waals surface area contributed by atoms with Crippen LogP contribution in [-0.2, 0) is 4.79 Å². The molecular formula is C14H17FN2O3. The predicted octanol–water partition coefficient (Wildman–Crippen LogP) is 1.17. The van der Waals surface area contributed by atoms with Gasteiger partial charge in [-0.2, -0.15) is 0 Å². The molecule has 1 aliphatic rings. The molecule has 1 aliphatic heterocycles. The Bertz CT molecular complexity index is 525. The van der Waals surface area contributed by atoms with Crippen LogP contribution in [0.1, 0.15) is 23.2 Å². The second kappa shape index (κ2) is 5.90. The molecule has 2 amide bonds. The summed E-state index contributed by atoms with van der Waals surface area (Å²) in [5.74, 6) is -1.20. The number of benzene rings is 1. The van der Waals surface area contributed by atoms with Crippen molar-refractivity contribution in [2.45, 2.75) is 12.8 Å². The number of halogens is 1. The number of hydrogen-bond acceptors (Lipinski definition) is 3. The predicted molar refractivity (Wildman–Crippen MR) is 70.8 cm³/mol. The molecule has 0 radical (unpaired) electrons. The molecule has 2 rings (SSSR count). The number of nitrogens with two attached hydrogens (primary N) is 1. The maximum absolute atomic E-state index is 13.6. The third kappa shape index (κ3) is 2.89. The maximum Gasteiger partial charge on any atom is 0.253 e. The minimum atomic E-state index is -0.564. The quantitative estimate of drug-likeness (QED) is 0.903. The van der Waals surface area contributed by atoms with E-state index in [0.29, 0.717) is 25.9 Å². The Morgan fingerprint density at radius 3 is 2.50 bits per heavy atom. The highest BCUT2D eigenvalue weighted by Gasteiger charge is 2.26. The van der Waals surface area contributed by atoms with Gasteiger partial charge in [0.25, 0.3) is 5.91 Å². The lowest BCUT2D eigenvalue weighted by Gasteiger charge is -2.30. The smallest absolute Gasteiger partial charge is 0.253 e. The average molecular weight is 280 g/mol. The number of nitrogens with zero attached hydrogens (tertiary/aromatic N) is 1. The monoisotopic (exact) mass is 280 g/mol. The third-order valence-corrected chi connectivity index (χ3v) is 3.58. The summed E-state index contributed by atoms with van der Waals surface area (Å²) >= 11 is 0. The number of methoxy groups -OCH3 is 1. The second-order valence-corrected chi connectivity index (χ2v) is 4.82. The molecule has 0 saturated carbocycles. The van der Waals surface area contributed by atoms with Crippen LogP contribution >= 0.6 is 0 Å². The molecule has 0 spiro atoms. The van der Waals surface area contributed by atoms with Gasteiger partial charge in [0.2, 0.25) is 5.91 Å². The number of rotatable bonds is 3. The normalized spacial score (nSPS) is 16.0. The fourth-order valence-electron chi connectivity index (χ4n) is 2.35. The zero-order chi connectivity index (χ0) is 14.7. The van der Waals surface area contributed by atoms with E-state index in [1.54, 1.807) is 4.90 Å². The van der Waals surface area contributed by atoms with Crippen molar-refractivity contribution in [1.29, 1.82) is 0 Å². The molecule has 0 atom stereocenters. The zero-order valence-electron chi connectivity index (χ0n) is 11.3. The van der Waals surface area contributed by atoms with Crippen LogP contribution in [0.2, 0.25) is 0 Å². The molecule has 1 aromatic carbocycles. The van der Waals surface area contributed by atoms with E-state index < -0.39 is 5.82 Å². The number of amides is 2. The minimum Gasteiger partial charge on any atom is -0.494 e. The topological polar surface area (TPSA) is 72.6 Å². The van der Waals surface area contributed by atoms with E-state index in [-0.39, 0.29) is 29.0 Å². The van der Waals surface area contributed by atoms with Gasteiger partial charge in [0, 0.05) is 24.6 Å². The molecule has 5 nitrogen and oxygen atoms in total. The number of likely N-dealkylation sites (tertiary alicyclic amines) is 1. The summed E-state index contributed by atoms with van der Waals surface area (Å²) in [7, 11) is 1.37. The van der Waals surface area contributed by atoms with Crippen molar-refractivity contribution in [2.75, 3.05) is 20.2 Å². The van der Waals surface area contributed by atoms with Crippen molar-refractivity contribution in [3.63, 3.8) is 0 Å². The molecule has 1 saturated heterocycles. The Hall–Kier alpha value is -2.11. The van der Waals surface area contributed by atoms with E-state index in [1.807, 2.05) is 0 Å². The number of ether oxygens (including phenoxy) is 1. The first-order valence-electron chi connectivity index (χ1n) is 6.45. The number of piperidine rings is 1. The zero-order valence-corrected chi connectivity index (χ0v) is 11.3. The van der Waals surface area contributed by atoms with Crippen LogP contribution in [0.4, 0.5) is 4.39 Å². The lowest BCUT2D eigenvalue weighted by Crippen LogP contribution is -2.41. The highest BCUT2D eigenvalue weighted by Crippen LogP contribution is 2.22. The summed E-state index contributed by atoms with van der Waals surface area (Å²) in [6.45, 7) is 0.917. The Morgan fingerprint density at radius 1 is 1.35 bits per heavy atom. The summed E-state index contributed by atoms with van der Waals surface area (Å²) in [6, 6.07) is 4.13. The van der Waals surface area contributed by atoms with Crippen LogP contribution in [-0.4, -0.2) is 36.9 Å². The van der Waals surface area contributed by atoms with Crippen molar-refractivity contribution in [3.05, 3.63) is 29.6 Å². The van der Waals surface area contributed by atoms with Crippen LogP contribution in [0.25, 0.3) is 0 Å². The molecule has 0 aromatic heterocycles. The van der Waals surface area contributed by atoms with E-state index >= 15 is 0 Å². The summed E-state index contributed by atoms with van der Waals surface area (Å²) in [5, 5.41) is 0. The summed E-state index contributed by atoms with van der Waals surface area (Å²) in [5.41, 5.74) is 5.52. The molecule has 20 heavy (non-hydrogen) atoms. The van der Waals surface area contributed by atoms with E-state index in [1.165, 1.54) is 25.3 Å². The number of carbonyl (C=O) groups excluding carboxylic acids is 2. The summed E-state index contributed by atoms with van der Waals surface area (Å²) in [4.78, 5) is 24.9. The largest absolute Gasteiger partial charge is 0.494 e. The molecule has 2 N–H and O–H groups in total. The fourth-order valence-corrected chi connectivity index (χ4v) is 2.35. The number of hydrogen-bond donors (Lipinski definition) is 1. The molecule has 1 aromatic rings. The van der Waals surface area contributed by atoms with Gasteiger partial charge in [0.15, 0.2) is 11.6 Å². The van der Waals surface area contributed by atoms with E-state index in [2.05, 4.69) is 0 Å². The van der Waals surface area contributed by atoms with Gasteiger partial charge in [0.05, 0.1) is 7.11 Å². The van der Waals surface area contributed by atoms with Gasteiger partial charge in [0.1, 0.15) is 0 Å². The second-order valence-electron chi connectivity index (χ2n) is 4.82. The third-order valence-electron chi connectivity index (χ3n) is 3.58. The van der Waals surface area contributed by atoms with Crippen LogP contribution < -0.4 is 10.5 Å². The number of primary amides is 1. The van der Waals surface area contributed by atoms with Gasteiger partial charge in [-0.15, -0.1) is 0 Å². The molecule has 108 valence electrons. The van der Waals surface area contributed by atoms with E-state index in [4.69, 9.17) is 10.5 Å².